The van der Waals surface area contributed by atoms with Gasteiger partial charge in [-0.1, -0.05) is 134 Å². The van der Waals surface area contributed by atoms with Crippen LogP contribution in [0.15, 0.2) is 212 Å². The molecule has 12 rings (SSSR count). The number of hydrogen-bond donors (Lipinski definition) is 0. The summed E-state index contributed by atoms with van der Waals surface area (Å²) in [5, 5.41) is 9.56. The molecule has 0 saturated heterocycles. The van der Waals surface area contributed by atoms with Crippen molar-refractivity contribution < 1.29 is 0 Å². The van der Waals surface area contributed by atoms with E-state index in [2.05, 4.69) is 229 Å². The van der Waals surface area contributed by atoms with Crippen LogP contribution in [0.5, 0.6) is 0 Å². The fraction of sp³-hybridized carbons (Fsp3) is 0.0182. The van der Waals surface area contributed by atoms with Gasteiger partial charge in [-0.05, 0) is 112 Å². The number of fused-ring (bicyclic) bond motifs is 9. The minimum atomic E-state index is -2.54. The molecule has 0 unspecified atom stereocenters. The normalized spacial score (nSPS) is 12.9. The molecule has 0 fully saturated rings. The van der Waals surface area contributed by atoms with Crippen molar-refractivity contribution >= 4 is 121 Å². The van der Waals surface area contributed by atoms with Crippen LogP contribution in [0.2, 0.25) is 6.55 Å². The predicted octanol–water partition coefficient (Wildman–Crippen LogP) is 14.4. The fourth-order valence-corrected chi connectivity index (χ4v) is 16.1. The third kappa shape index (κ3) is 5.51. The van der Waals surface area contributed by atoms with Gasteiger partial charge in [-0.15, -0.1) is 22.7 Å². The van der Waals surface area contributed by atoms with Gasteiger partial charge in [0, 0.05) is 74.5 Å². The zero-order valence-corrected chi connectivity index (χ0v) is 35.6. The van der Waals surface area contributed by atoms with Gasteiger partial charge in [-0.2, -0.15) is 0 Å². The van der Waals surface area contributed by atoms with E-state index in [9.17, 15) is 0 Å². The highest BCUT2D eigenvalue weighted by Crippen LogP contribution is 2.44. The van der Waals surface area contributed by atoms with Gasteiger partial charge in [0.2, 0.25) is 0 Å². The predicted molar refractivity (Wildman–Crippen MR) is 264 cm³/mol. The van der Waals surface area contributed by atoms with E-state index < -0.39 is 8.07 Å². The highest BCUT2D eigenvalue weighted by atomic mass is 32.1. The van der Waals surface area contributed by atoms with Crippen molar-refractivity contribution in [3.05, 3.63) is 212 Å². The Labute approximate surface area is 358 Å². The van der Waals surface area contributed by atoms with Crippen molar-refractivity contribution in [3.8, 4) is 11.1 Å². The lowest BCUT2D eigenvalue weighted by Gasteiger charge is -2.30. The lowest BCUT2D eigenvalue weighted by Crippen LogP contribution is -2.62. The number of hydrogen-bond acceptors (Lipinski definition) is 4. The minimum Gasteiger partial charge on any atom is -0.310 e. The van der Waals surface area contributed by atoms with E-state index in [1.54, 1.807) is 0 Å². The maximum Gasteiger partial charge on any atom is 0.147 e. The van der Waals surface area contributed by atoms with E-state index in [4.69, 9.17) is 0 Å². The SMILES string of the molecule is C[Si]1(c2ccccc2)c2cc(N(c3ccccc3)c3ccc4c(c3)sc3ccccc34)ccc2-c2ccc(N(c3ccccc3)c3ccc4c(c3)sc3ccccc34)cc21. The lowest BCUT2D eigenvalue weighted by atomic mass is 10.0. The standard InChI is InChI=1S/C55H38N2S2Si/c1-60(43-19-9-4-10-20-43)54-35-41(56(37-15-5-2-6-16-37)39-25-29-46-44-21-11-13-23-50(44)58-52(46)33-39)27-31-48(54)49-32-28-42(36-55(49)60)57(38-17-7-3-8-18-38)40-26-30-47-45-22-12-14-24-51(45)59-53(47)34-40/h2-36H,1H3. The van der Waals surface area contributed by atoms with Crippen LogP contribution in [0.1, 0.15) is 0 Å². The molecule has 0 aliphatic carbocycles. The van der Waals surface area contributed by atoms with Gasteiger partial charge in [0.15, 0.2) is 0 Å². The van der Waals surface area contributed by atoms with Crippen LogP contribution in [-0.4, -0.2) is 8.07 Å². The highest BCUT2D eigenvalue weighted by molar-refractivity contribution is 7.26. The van der Waals surface area contributed by atoms with Crippen LogP contribution in [0, 0.1) is 0 Å². The molecule has 5 heteroatoms. The first-order valence-corrected chi connectivity index (χ1v) is 24.6. The molecule has 60 heavy (non-hydrogen) atoms. The Balaban J connectivity index is 1.03. The van der Waals surface area contributed by atoms with Crippen LogP contribution in [0.3, 0.4) is 0 Å². The molecule has 3 heterocycles. The van der Waals surface area contributed by atoms with E-state index >= 15 is 0 Å². The average molecular weight is 819 g/mol. The van der Waals surface area contributed by atoms with Gasteiger partial charge < -0.3 is 9.80 Å². The molecule has 0 spiro atoms. The maximum atomic E-state index is 2.56. The quantitative estimate of drug-likeness (QED) is 0.148. The molecule has 0 atom stereocenters. The van der Waals surface area contributed by atoms with Gasteiger partial charge in [0.1, 0.15) is 8.07 Å². The molecule has 284 valence electrons. The Morgan fingerprint density at radius 1 is 0.317 bits per heavy atom. The summed E-state index contributed by atoms with van der Waals surface area (Å²) in [7, 11) is -2.54. The fourth-order valence-electron chi connectivity index (χ4n) is 9.62. The first-order chi connectivity index (χ1) is 29.6. The third-order valence-electron chi connectivity index (χ3n) is 12.5. The zero-order chi connectivity index (χ0) is 39.8. The van der Waals surface area contributed by atoms with E-state index in [1.165, 1.54) is 78.4 Å². The molecule has 11 aromatic rings. The first-order valence-electron chi connectivity index (χ1n) is 20.5. The van der Waals surface area contributed by atoms with Crippen LogP contribution in [-0.2, 0) is 0 Å². The molecule has 2 aromatic heterocycles. The summed E-state index contributed by atoms with van der Waals surface area (Å²) in [5.41, 5.74) is 9.64. The van der Waals surface area contributed by atoms with Crippen molar-refractivity contribution in [3.63, 3.8) is 0 Å². The topological polar surface area (TPSA) is 6.48 Å². The molecular formula is C55H38N2S2Si. The minimum absolute atomic E-state index is 1.15. The van der Waals surface area contributed by atoms with Crippen LogP contribution >= 0.6 is 22.7 Å². The van der Waals surface area contributed by atoms with Crippen LogP contribution < -0.4 is 25.4 Å². The molecule has 2 nitrogen and oxygen atoms in total. The molecule has 1 aliphatic rings. The number of rotatable bonds is 7. The summed E-state index contributed by atoms with van der Waals surface area (Å²) in [4.78, 5) is 4.89. The lowest BCUT2D eigenvalue weighted by molar-refractivity contribution is 1.29. The molecule has 0 bridgehead atoms. The summed E-state index contributed by atoms with van der Waals surface area (Å²) in [6.45, 7) is 2.56. The van der Waals surface area contributed by atoms with Crippen molar-refractivity contribution in [2.24, 2.45) is 0 Å². The highest BCUT2D eigenvalue weighted by Gasteiger charge is 2.44. The third-order valence-corrected chi connectivity index (χ3v) is 19.2. The largest absolute Gasteiger partial charge is 0.310 e. The molecule has 0 N–H and O–H groups in total. The summed E-state index contributed by atoms with van der Waals surface area (Å²) in [6, 6.07) is 78.9. The molecular weight excluding hydrogens is 781 g/mol. The Bertz CT molecular complexity index is 3200. The Hall–Kier alpha value is -6.76. The monoisotopic (exact) mass is 818 g/mol. The number of para-hydroxylation sites is 2. The Morgan fingerprint density at radius 2 is 0.683 bits per heavy atom. The van der Waals surface area contributed by atoms with Gasteiger partial charge in [0.25, 0.3) is 0 Å². The smallest absolute Gasteiger partial charge is 0.147 e. The second-order valence-corrected chi connectivity index (χ2v) is 21.9. The molecule has 0 radical (unpaired) electrons. The van der Waals surface area contributed by atoms with E-state index in [0.717, 1.165) is 22.7 Å². The summed E-state index contributed by atoms with van der Waals surface area (Å²) in [5.74, 6) is 0. The maximum absolute atomic E-state index is 2.56. The Kier molecular flexibility index (Phi) is 8.17. The first kappa shape index (κ1) is 35.2. The van der Waals surface area contributed by atoms with Crippen LogP contribution in [0.25, 0.3) is 51.5 Å². The summed E-state index contributed by atoms with van der Waals surface area (Å²) < 4.78 is 5.24. The summed E-state index contributed by atoms with van der Waals surface area (Å²) in [6.07, 6.45) is 0. The molecule has 9 aromatic carbocycles. The second-order valence-electron chi connectivity index (χ2n) is 15.9. The van der Waals surface area contributed by atoms with Gasteiger partial charge in [-0.3, -0.25) is 0 Å². The van der Waals surface area contributed by atoms with Crippen molar-refractivity contribution in [2.45, 2.75) is 6.55 Å². The summed E-state index contributed by atoms with van der Waals surface area (Å²) >= 11 is 3.74. The number of benzene rings is 9. The van der Waals surface area contributed by atoms with E-state index in [-0.39, 0.29) is 0 Å². The van der Waals surface area contributed by atoms with Gasteiger partial charge in [-0.25, -0.2) is 0 Å². The second kappa shape index (κ2) is 13.9. The molecule has 0 saturated carbocycles. The van der Waals surface area contributed by atoms with E-state index in [1.807, 2.05) is 22.7 Å². The number of anilines is 6. The molecule has 1 aliphatic heterocycles. The van der Waals surface area contributed by atoms with Gasteiger partial charge >= 0.3 is 0 Å². The Morgan fingerprint density at radius 3 is 1.15 bits per heavy atom. The number of thiophene rings is 2. The molecule has 0 amide bonds. The van der Waals surface area contributed by atoms with Crippen molar-refractivity contribution in [1.29, 1.82) is 0 Å². The van der Waals surface area contributed by atoms with Crippen LogP contribution in [0.4, 0.5) is 34.1 Å². The zero-order valence-electron chi connectivity index (χ0n) is 32.9. The van der Waals surface area contributed by atoms with Gasteiger partial charge in [0.05, 0.1) is 0 Å². The van der Waals surface area contributed by atoms with Crippen molar-refractivity contribution in [1.82, 2.24) is 0 Å². The van der Waals surface area contributed by atoms with Crippen molar-refractivity contribution in [2.75, 3.05) is 9.80 Å². The van der Waals surface area contributed by atoms with E-state index in [0.29, 0.717) is 0 Å². The number of nitrogens with zero attached hydrogens (tertiary/aromatic N) is 2. The average Bonchev–Trinajstić information content (AvgIpc) is 3.95.